The van der Waals surface area contributed by atoms with E-state index in [0.29, 0.717) is 12.4 Å². The molecule has 2 aromatic rings. The molecule has 4 rings (SSSR count). The Labute approximate surface area is 176 Å². The van der Waals surface area contributed by atoms with E-state index in [1.165, 1.54) is 12.0 Å². The first kappa shape index (κ1) is 20.7. The number of likely N-dealkylation sites (tertiary alicyclic amines) is 1. The van der Waals surface area contributed by atoms with Crippen molar-refractivity contribution < 1.29 is 14.6 Å². The van der Waals surface area contributed by atoms with E-state index in [9.17, 15) is 9.90 Å². The quantitative estimate of drug-likeness (QED) is 0.607. The molecule has 0 amide bonds. The van der Waals surface area contributed by atoms with Crippen LogP contribution in [0.3, 0.4) is 0 Å². The Morgan fingerprint density at radius 1 is 1.33 bits per heavy atom. The van der Waals surface area contributed by atoms with Crippen LogP contribution in [-0.4, -0.2) is 63.3 Å². The summed E-state index contributed by atoms with van der Waals surface area (Å²) in [5.41, 5.74) is 3.25. The van der Waals surface area contributed by atoms with Crippen LogP contribution >= 0.6 is 0 Å². The molecule has 0 radical (unpaired) electrons. The summed E-state index contributed by atoms with van der Waals surface area (Å²) < 4.78 is 5.99. The summed E-state index contributed by atoms with van der Waals surface area (Å²) in [6, 6.07) is 4.10. The lowest BCUT2D eigenvalue weighted by Crippen LogP contribution is -2.53. The Morgan fingerprint density at radius 2 is 2.13 bits per heavy atom. The first-order valence-electron chi connectivity index (χ1n) is 10.7. The molecule has 0 unspecified atom stereocenters. The highest BCUT2D eigenvalue weighted by Gasteiger charge is 2.35. The van der Waals surface area contributed by atoms with E-state index in [4.69, 9.17) is 9.72 Å². The number of aryl methyl sites for hydroxylation is 3. The molecule has 1 saturated heterocycles. The number of carbonyl (C=O) groups is 1. The van der Waals surface area contributed by atoms with Gasteiger partial charge in [-0.25, -0.2) is 15.0 Å². The van der Waals surface area contributed by atoms with Gasteiger partial charge in [-0.1, -0.05) is 6.07 Å². The third kappa shape index (κ3) is 5.12. The number of ether oxygens (including phenoxy) is 1. The average Bonchev–Trinajstić information content (AvgIpc) is 2.71. The predicted molar refractivity (Wildman–Crippen MR) is 112 cm³/mol. The maximum atomic E-state index is 11.3. The van der Waals surface area contributed by atoms with E-state index in [-0.39, 0.29) is 18.6 Å². The molecular weight excluding hydrogens is 382 g/mol. The van der Waals surface area contributed by atoms with Crippen LogP contribution in [0, 0.1) is 6.92 Å². The summed E-state index contributed by atoms with van der Waals surface area (Å²) in [4.78, 5) is 26.6. The minimum Gasteiger partial charge on any atom is -0.481 e. The van der Waals surface area contributed by atoms with Crippen LogP contribution in [0.1, 0.15) is 47.9 Å². The van der Waals surface area contributed by atoms with Crippen LogP contribution in [0.25, 0.3) is 0 Å². The summed E-state index contributed by atoms with van der Waals surface area (Å²) in [5.74, 6) is 0.901. The van der Waals surface area contributed by atoms with E-state index < -0.39 is 5.97 Å². The highest BCUT2D eigenvalue weighted by atomic mass is 16.5. The van der Waals surface area contributed by atoms with E-state index >= 15 is 0 Å². The monoisotopic (exact) mass is 411 g/mol. The van der Waals surface area contributed by atoms with Gasteiger partial charge >= 0.3 is 5.97 Å². The number of carboxylic acid groups (broad SMARTS) is 1. The third-order valence-corrected chi connectivity index (χ3v) is 5.75. The average molecular weight is 412 g/mol. The van der Waals surface area contributed by atoms with Gasteiger partial charge in [-0.2, -0.15) is 0 Å². The van der Waals surface area contributed by atoms with Gasteiger partial charge in [0.2, 0.25) is 0 Å². The lowest BCUT2D eigenvalue weighted by molar-refractivity contribution is -0.140. The lowest BCUT2D eigenvalue weighted by Gasteiger charge is -2.43. The molecule has 1 atom stereocenters. The Balaban J connectivity index is 1.21. The smallest absolute Gasteiger partial charge is 0.305 e. The molecule has 160 valence electrons. The number of aromatic nitrogens is 3. The topological polar surface area (TPSA) is 100 Å². The summed E-state index contributed by atoms with van der Waals surface area (Å²) in [5, 5.41) is 12.7. The molecule has 8 nitrogen and oxygen atoms in total. The number of hydrogen-bond acceptors (Lipinski definition) is 7. The van der Waals surface area contributed by atoms with Crippen LogP contribution in [0.5, 0.6) is 0 Å². The zero-order valence-electron chi connectivity index (χ0n) is 17.4. The van der Waals surface area contributed by atoms with Gasteiger partial charge in [-0.15, -0.1) is 0 Å². The molecule has 0 bridgehead atoms. The maximum Gasteiger partial charge on any atom is 0.305 e. The highest BCUT2D eigenvalue weighted by Crippen LogP contribution is 2.29. The van der Waals surface area contributed by atoms with E-state index in [2.05, 4.69) is 32.3 Å². The van der Waals surface area contributed by atoms with Crippen molar-refractivity contribution in [3.63, 3.8) is 0 Å². The Hall–Kier alpha value is -2.58. The fourth-order valence-corrected chi connectivity index (χ4v) is 4.04. The fourth-order valence-electron chi connectivity index (χ4n) is 4.04. The van der Waals surface area contributed by atoms with E-state index in [1.54, 1.807) is 12.4 Å². The van der Waals surface area contributed by atoms with Gasteiger partial charge in [0.25, 0.3) is 0 Å². The summed E-state index contributed by atoms with van der Waals surface area (Å²) in [6.45, 7) is 4.96. The van der Waals surface area contributed by atoms with Crippen molar-refractivity contribution in [2.75, 3.05) is 31.6 Å². The van der Waals surface area contributed by atoms with Crippen LogP contribution in [-0.2, 0) is 22.4 Å². The van der Waals surface area contributed by atoms with Gasteiger partial charge in [0, 0.05) is 55.9 Å². The molecule has 2 aliphatic rings. The van der Waals surface area contributed by atoms with Crippen molar-refractivity contribution in [1.82, 2.24) is 19.9 Å². The van der Waals surface area contributed by atoms with Crippen LogP contribution < -0.4 is 5.32 Å². The second-order valence-electron chi connectivity index (χ2n) is 8.07. The molecule has 0 aliphatic carbocycles. The second kappa shape index (κ2) is 9.49. The molecule has 1 fully saturated rings. The molecule has 0 saturated carbocycles. The summed E-state index contributed by atoms with van der Waals surface area (Å²) in [6.07, 6.45) is 7.73. The SMILES string of the molecule is Cc1ncc([C@@H](CC(=O)O)N2CC(OCCCc3ccc4c(n3)NCCC4)C2)cn1. The van der Waals surface area contributed by atoms with Gasteiger partial charge < -0.3 is 15.2 Å². The number of pyridine rings is 1. The number of carboxylic acids is 1. The second-order valence-corrected chi connectivity index (χ2v) is 8.07. The molecule has 0 aromatic carbocycles. The standard InChI is InChI=1S/C22H29N5O3/c1-15-24-11-17(12-25-15)20(10-21(28)29)27-13-19(14-27)30-9-3-5-18-7-6-16-4-2-8-23-22(16)26-18/h6-7,11-12,19-20H,2-5,8-10,13-14H2,1H3,(H,23,26)(H,28,29)/t20-/m1/s1. The Morgan fingerprint density at radius 3 is 2.90 bits per heavy atom. The van der Waals surface area contributed by atoms with Crippen molar-refractivity contribution in [1.29, 1.82) is 0 Å². The van der Waals surface area contributed by atoms with Crippen molar-refractivity contribution in [3.05, 3.63) is 47.2 Å². The number of anilines is 1. The van der Waals surface area contributed by atoms with Gasteiger partial charge in [-0.3, -0.25) is 9.69 Å². The molecular formula is C22H29N5O3. The molecule has 8 heteroatoms. The normalized spacial score (nSPS) is 17.6. The number of aliphatic carboxylic acids is 1. The zero-order chi connectivity index (χ0) is 20.9. The summed E-state index contributed by atoms with van der Waals surface area (Å²) >= 11 is 0. The summed E-state index contributed by atoms with van der Waals surface area (Å²) in [7, 11) is 0. The third-order valence-electron chi connectivity index (χ3n) is 5.75. The zero-order valence-corrected chi connectivity index (χ0v) is 17.4. The highest BCUT2D eigenvalue weighted by molar-refractivity contribution is 5.67. The van der Waals surface area contributed by atoms with Crippen LogP contribution in [0.4, 0.5) is 5.82 Å². The minimum absolute atomic E-state index is 0.0389. The van der Waals surface area contributed by atoms with Crippen molar-refractivity contribution >= 4 is 11.8 Å². The lowest BCUT2D eigenvalue weighted by atomic mass is 10.00. The molecule has 2 aliphatic heterocycles. The fraction of sp³-hybridized carbons (Fsp3) is 0.545. The molecule has 2 aromatic heterocycles. The number of hydrogen-bond donors (Lipinski definition) is 2. The van der Waals surface area contributed by atoms with Crippen molar-refractivity contribution in [3.8, 4) is 0 Å². The number of fused-ring (bicyclic) bond motifs is 1. The molecule has 0 spiro atoms. The Bertz CT molecular complexity index is 868. The van der Waals surface area contributed by atoms with E-state index in [0.717, 1.165) is 56.0 Å². The van der Waals surface area contributed by atoms with Crippen LogP contribution in [0.2, 0.25) is 0 Å². The van der Waals surface area contributed by atoms with E-state index in [1.807, 2.05) is 6.92 Å². The van der Waals surface area contributed by atoms with Crippen molar-refractivity contribution in [2.45, 2.75) is 51.2 Å². The Kier molecular flexibility index (Phi) is 6.54. The van der Waals surface area contributed by atoms with Gasteiger partial charge in [0.05, 0.1) is 12.5 Å². The molecule has 4 heterocycles. The van der Waals surface area contributed by atoms with Gasteiger partial charge in [0.15, 0.2) is 0 Å². The largest absolute Gasteiger partial charge is 0.481 e. The number of nitrogens with one attached hydrogen (secondary N) is 1. The maximum absolute atomic E-state index is 11.3. The minimum atomic E-state index is -0.822. The number of nitrogens with zero attached hydrogens (tertiary/aromatic N) is 4. The van der Waals surface area contributed by atoms with Crippen LogP contribution in [0.15, 0.2) is 24.5 Å². The predicted octanol–water partition coefficient (Wildman–Crippen LogP) is 2.39. The first-order chi connectivity index (χ1) is 14.6. The molecule has 2 N–H and O–H groups in total. The van der Waals surface area contributed by atoms with Gasteiger partial charge in [0.1, 0.15) is 11.6 Å². The van der Waals surface area contributed by atoms with Gasteiger partial charge in [-0.05, 0) is 44.2 Å². The molecule has 30 heavy (non-hydrogen) atoms. The van der Waals surface area contributed by atoms with Crippen molar-refractivity contribution in [2.24, 2.45) is 0 Å². The first-order valence-corrected chi connectivity index (χ1v) is 10.7. The number of rotatable bonds is 9.